The molecule has 132 valence electrons. The topological polar surface area (TPSA) is 51.2 Å². The van der Waals surface area contributed by atoms with Gasteiger partial charge in [-0.3, -0.25) is 4.90 Å². The predicted octanol–water partition coefficient (Wildman–Crippen LogP) is 3.65. The van der Waals surface area contributed by atoms with Gasteiger partial charge in [-0.05, 0) is 30.0 Å². The molecule has 0 saturated heterocycles. The van der Waals surface area contributed by atoms with Gasteiger partial charge in [0.2, 0.25) is 0 Å². The van der Waals surface area contributed by atoms with Crippen molar-refractivity contribution in [2.45, 2.75) is 25.4 Å². The summed E-state index contributed by atoms with van der Waals surface area (Å²) in [5, 5.41) is 11.2. The third-order valence-electron chi connectivity index (χ3n) is 5.18. The van der Waals surface area contributed by atoms with Crippen LogP contribution < -0.4 is 9.62 Å². The van der Waals surface area contributed by atoms with Crippen LogP contribution in [0, 0.1) is 0 Å². The van der Waals surface area contributed by atoms with E-state index >= 15 is 0 Å². The highest BCUT2D eigenvalue weighted by atomic mass is 35.5. The number of fused-ring (bicyclic) bond motifs is 4. The molecule has 1 N–H and O–H groups in total. The van der Waals surface area contributed by atoms with Crippen molar-refractivity contribution in [1.82, 2.24) is 4.90 Å². The first-order valence-corrected chi connectivity index (χ1v) is 8.65. The van der Waals surface area contributed by atoms with Crippen LogP contribution >= 0.6 is 11.6 Å². The van der Waals surface area contributed by atoms with Crippen LogP contribution in [0.3, 0.4) is 0 Å². The maximum atomic E-state index is 10.5. The molecule has 6 heteroatoms. The maximum Gasteiger partial charge on any atom is 0.170 e. The summed E-state index contributed by atoms with van der Waals surface area (Å²) in [7, 11) is 3.05. The second-order valence-electron chi connectivity index (χ2n) is 6.39. The molecule has 25 heavy (non-hydrogen) atoms. The van der Waals surface area contributed by atoms with E-state index in [1.807, 2.05) is 12.1 Å². The molecule has 0 aromatic heterocycles. The number of nitrogens with zero attached hydrogens (tertiary/aromatic N) is 1. The van der Waals surface area contributed by atoms with Gasteiger partial charge in [-0.25, -0.2) is 0 Å². The monoisotopic (exact) mass is 361 g/mol. The number of rotatable bonds is 3. The zero-order valence-electron chi connectivity index (χ0n) is 14.2. The van der Waals surface area contributed by atoms with Gasteiger partial charge in [0, 0.05) is 41.3 Å². The molecule has 2 aromatic rings. The highest BCUT2D eigenvalue weighted by Gasteiger charge is 2.37. The molecule has 4 rings (SSSR count). The van der Waals surface area contributed by atoms with Crippen molar-refractivity contribution in [3.63, 3.8) is 0 Å². The van der Waals surface area contributed by atoms with Crippen molar-refractivity contribution in [2.75, 3.05) is 20.8 Å². The summed E-state index contributed by atoms with van der Waals surface area (Å²) >= 11 is 6.49. The summed E-state index contributed by atoms with van der Waals surface area (Å²) in [6.45, 7) is 1.55. The normalized spacial score (nSPS) is 18.9. The Morgan fingerprint density at radius 3 is 2.80 bits per heavy atom. The summed E-state index contributed by atoms with van der Waals surface area (Å²) in [5.41, 5.74) is 4.25. The van der Waals surface area contributed by atoms with Crippen molar-refractivity contribution >= 4 is 11.6 Å². The highest BCUT2D eigenvalue weighted by molar-refractivity contribution is 6.31. The Morgan fingerprint density at radius 2 is 2.04 bits per heavy atom. The van der Waals surface area contributed by atoms with E-state index in [4.69, 9.17) is 26.1 Å². The fraction of sp³-hybridized carbons (Fsp3) is 0.368. The SMILES string of the molecule is COOc1cccc2c1C1Cc3c(Cl)cc(OC)c(O)c3CN1CC2. The van der Waals surface area contributed by atoms with Crippen molar-refractivity contribution < 1.29 is 19.6 Å². The molecule has 2 heterocycles. The first-order chi connectivity index (χ1) is 12.1. The molecule has 0 bridgehead atoms. The van der Waals surface area contributed by atoms with E-state index in [9.17, 15) is 5.11 Å². The molecule has 0 amide bonds. The van der Waals surface area contributed by atoms with E-state index in [2.05, 4.69) is 11.0 Å². The molecule has 2 aliphatic rings. The van der Waals surface area contributed by atoms with E-state index in [0.717, 1.165) is 35.4 Å². The smallest absolute Gasteiger partial charge is 0.170 e. The lowest BCUT2D eigenvalue weighted by Crippen LogP contribution is -2.39. The molecular weight excluding hydrogens is 342 g/mol. The van der Waals surface area contributed by atoms with Gasteiger partial charge in [-0.15, -0.1) is 0 Å². The Balaban J connectivity index is 1.81. The second-order valence-corrected chi connectivity index (χ2v) is 6.79. The lowest BCUT2D eigenvalue weighted by atomic mass is 9.83. The Bertz CT molecular complexity index is 824. The van der Waals surface area contributed by atoms with Crippen LogP contribution in [-0.2, 0) is 24.3 Å². The maximum absolute atomic E-state index is 10.5. The lowest BCUT2D eigenvalue weighted by Gasteiger charge is -2.42. The average Bonchev–Trinajstić information content (AvgIpc) is 2.63. The minimum Gasteiger partial charge on any atom is -0.504 e. The molecule has 1 atom stereocenters. The number of benzene rings is 2. The standard InChI is InChI=1S/C19H20ClNO4/c1-23-17-9-14(20)12-8-15-18-11(4-3-5-16(18)25-24-2)6-7-21(15)10-13(12)19(17)22/h3-5,9,15,22H,6-8,10H2,1-2H3. The Morgan fingerprint density at radius 1 is 1.20 bits per heavy atom. The van der Waals surface area contributed by atoms with Crippen LogP contribution in [-0.4, -0.2) is 30.8 Å². The number of ether oxygens (including phenoxy) is 1. The first kappa shape index (κ1) is 16.5. The summed E-state index contributed by atoms with van der Waals surface area (Å²) in [5.74, 6) is 1.35. The largest absolute Gasteiger partial charge is 0.504 e. The van der Waals surface area contributed by atoms with E-state index in [-0.39, 0.29) is 11.8 Å². The van der Waals surface area contributed by atoms with Crippen molar-refractivity contribution in [3.05, 3.63) is 51.5 Å². The zero-order valence-corrected chi connectivity index (χ0v) is 15.0. The molecule has 0 aliphatic carbocycles. The number of hydrogen-bond donors (Lipinski definition) is 1. The molecule has 2 aliphatic heterocycles. The van der Waals surface area contributed by atoms with Crippen LogP contribution in [0.25, 0.3) is 0 Å². The lowest BCUT2D eigenvalue weighted by molar-refractivity contribution is -0.179. The Hall–Kier alpha value is -1.95. The van der Waals surface area contributed by atoms with Gasteiger partial charge in [-0.1, -0.05) is 23.7 Å². The second kappa shape index (κ2) is 6.41. The van der Waals surface area contributed by atoms with Gasteiger partial charge in [-0.2, -0.15) is 4.89 Å². The predicted molar refractivity (Wildman–Crippen MR) is 94.3 cm³/mol. The number of methoxy groups -OCH3 is 1. The minimum atomic E-state index is 0.146. The van der Waals surface area contributed by atoms with E-state index in [1.54, 1.807) is 6.07 Å². The highest BCUT2D eigenvalue weighted by Crippen LogP contribution is 2.47. The quantitative estimate of drug-likeness (QED) is 0.668. The van der Waals surface area contributed by atoms with Crippen molar-refractivity contribution in [3.8, 4) is 17.2 Å². The summed E-state index contributed by atoms with van der Waals surface area (Å²) in [6, 6.07) is 7.88. The first-order valence-electron chi connectivity index (χ1n) is 8.27. The number of phenolic OH excluding ortho intramolecular Hbond substituents is 1. The minimum absolute atomic E-state index is 0.146. The molecule has 1 unspecified atom stereocenters. The molecule has 0 spiro atoms. The van der Waals surface area contributed by atoms with Crippen LogP contribution in [0.4, 0.5) is 0 Å². The van der Waals surface area contributed by atoms with Gasteiger partial charge in [0.1, 0.15) is 0 Å². The van der Waals surface area contributed by atoms with E-state index < -0.39 is 0 Å². The zero-order chi connectivity index (χ0) is 17.6. The van der Waals surface area contributed by atoms with Gasteiger partial charge in [0.05, 0.1) is 14.2 Å². The van der Waals surface area contributed by atoms with Gasteiger partial charge in [0.25, 0.3) is 0 Å². The van der Waals surface area contributed by atoms with Crippen LogP contribution in [0.15, 0.2) is 24.3 Å². The van der Waals surface area contributed by atoms with Crippen molar-refractivity contribution in [1.29, 1.82) is 0 Å². The van der Waals surface area contributed by atoms with Crippen LogP contribution in [0.2, 0.25) is 5.02 Å². The summed E-state index contributed by atoms with van der Waals surface area (Å²) < 4.78 is 5.25. The fourth-order valence-corrected chi connectivity index (χ4v) is 4.31. The molecule has 0 fully saturated rings. The van der Waals surface area contributed by atoms with Gasteiger partial charge in [0.15, 0.2) is 17.2 Å². The van der Waals surface area contributed by atoms with Crippen LogP contribution in [0.5, 0.6) is 17.2 Å². The summed E-state index contributed by atoms with van der Waals surface area (Å²) in [4.78, 5) is 12.7. The third kappa shape index (κ3) is 2.63. The molecular formula is C19H20ClNO4. The Kier molecular flexibility index (Phi) is 4.23. The number of hydrogen-bond acceptors (Lipinski definition) is 5. The van der Waals surface area contributed by atoms with Gasteiger partial charge < -0.3 is 14.7 Å². The number of aromatic hydroxyl groups is 1. The fourth-order valence-electron chi connectivity index (χ4n) is 4.02. The number of phenols is 1. The molecule has 0 radical (unpaired) electrons. The van der Waals surface area contributed by atoms with Crippen LogP contribution in [0.1, 0.15) is 28.3 Å². The summed E-state index contributed by atoms with van der Waals surface area (Å²) in [6.07, 6.45) is 1.64. The van der Waals surface area contributed by atoms with Gasteiger partial charge >= 0.3 is 0 Å². The average molecular weight is 362 g/mol. The molecule has 0 saturated carbocycles. The van der Waals surface area contributed by atoms with Crippen molar-refractivity contribution in [2.24, 2.45) is 0 Å². The molecule has 2 aromatic carbocycles. The third-order valence-corrected chi connectivity index (χ3v) is 5.52. The van der Waals surface area contributed by atoms with E-state index in [0.29, 0.717) is 23.7 Å². The molecule has 5 nitrogen and oxygen atoms in total. The van der Waals surface area contributed by atoms with E-state index in [1.165, 1.54) is 19.8 Å². The Labute approximate surface area is 151 Å². The number of halogens is 1.